The van der Waals surface area contributed by atoms with Crippen LogP contribution < -0.4 is 0 Å². The van der Waals surface area contributed by atoms with Crippen molar-refractivity contribution in [3.63, 3.8) is 0 Å². The number of halogens is 1. The van der Waals surface area contributed by atoms with E-state index in [2.05, 4.69) is 6.07 Å². The van der Waals surface area contributed by atoms with Crippen LogP contribution in [0.2, 0.25) is 0 Å². The minimum absolute atomic E-state index is 0.171. The zero-order valence-corrected chi connectivity index (χ0v) is 13.4. The molecule has 0 unspecified atom stereocenters. The first kappa shape index (κ1) is 16.2. The Bertz CT molecular complexity index is 666. The standard InChI is InChI=1S/C17H16FNO.C2H6/c1-12-6-7-16(18)15(10-12)17(20)19-9-8-13-4-2-3-5-14(13)11-19;1-2/h2-7,10H,8-9,11H2,1H3;1-2H3. The van der Waals surface area contributed by atoms with E-state index in [0.717, 1.165) is 17.5 Å². The van der Waals surface area contributed by atoms with Gasteiger partial charge in [0.2, 0.25) is 0 Å². The number of carbonyl (C=O) groups excluding carboxylic acids is 1. The predicted molar refractivity (Wildman–Crippen MR) is 87.4 cm³/mol. The molecule has 22 heavy (non-hydrogen) atoms. The summed E-state index contributed by atoms with van der Waals surface area (Å²) in [5, 5.41) is 0. The Morgan fingerprint density at radius 1 is 1.09 bits per heavy atom. The number of carbonyl (C=O) groups is 1. The van der Waals surface area contributed by atoms with Crippen LogP contribution in [0.5, 0.6) is 0 Å². The van der Waals surface area contributed by atoms with Crippen LogP contribution in [0.3, 0.4) is 0 Å². The Labute approximate surface area is 131 Å². The van der Waals surface area contributed by atoms with Gasteiger partial charge in [0, 0.05) is 13.1 Å². The van der Waals surface area contributed by atoms with Crippen molar-refractivity contribution in [2.45, 2.75) is 33.7 Å². The van der Waals surface area contributed by atoms with E-state index in [1.165, 1.54) is 11.6 Å². The molecular weight excluding hydrogens is 277 g/mol. The summed E-state index contributed by atoms with van der Waals surface area (Å²) >= 11 is 0. The molecular formula is C19H22FNO. The average Bonchev–Trinajstić information content (AvgIpc) is 2.58. The Hall–Kier alpha value is -2.16. The summed E-state index contributed by atoms with van der Waals surface area (Å²) in [7, 11) is 0. The highest BCUT2D eigenvalue weighted by atomic mass is 19.1. The van der Waals surface area contributed by atoms with Crippen molar-refractivity contribution in [2.75, 3.05) is 6.54 Å². The maximum atomic E-state index is 13.8. The molecule has 3 heteroatoms. The summed E-state index contributed by atoms with van der Waals surface area (Å²) in [5.41, 5.74) is 3.50. The minimum Gasteiger partial charge on any atom is -0.334 e. The summed E-state index contributed by atoms with van der Waals surface area (Å²) in [4.78, 5) is 14.2. The molecule has 3 rings (SSSR count). The second-order valence-corrected chi connectivity index (χ2v) is 5.23. The maximum Gasteiger partial charge on any atom is 0.257 e. The molecule has 0 aliphatic carbocycles. The molecule has 2 nitrogen and oxygen atoms in total. The van der Waals surface area contributed by atoms with Crippen LogP contribution in [0.1, 0.15) is 40.9 Å². The van der Waals surface area contributed by atoms with Gasteiger partial charge in [-0.15, -0.1) is 0 Å². The molecule has 0 saturated carbocycles. The smallest absolute Gasteiger partial charge is 0.257 e. The third kappa shape index (κ3) is 3.35. The lowest BCUT2D eigenvalue weighted by atomic mass is 9.99. The van der Waals surface area contributed by atoms with Gasteiger partial charge in [-0.05, 0) is 36.6 Å². The van der Waals surface area contributed by atoms with Crippen molar-refractivity contribution >= 4 is 5.91 Å². The van der Waals surface area contributed by atoms with E-state index in [1.54, 1.807) is 17.0 Å². The summed E-state index contributed by atoms with van der Waals surface area (Å²) in [6.45, 7) is 7.06. The number of hydrogen-bond donors (Lipinski definition) is 0. The average molecular weight is 299 g/mol. The SMILES string of the molecule is CC.Cc1ccc(F)c(C(=O)N2CCc3ccccc3C2)c1. The van der Waals surface area contributed by atoms with Crippen LogP contribution in [0.4, 0.5) is 4.39 Å². The molecule has 1 amide bonds. The van der Waals surface area contributed by atoms with E-state index in [1.807, 2.05) is 39.0 Å². The highest BCUT2D eigenvalue weighted by molar-refractivity contribution is 5.94. The van der Waals surface area contributed by atoms with Crippen molar-refractivity contribution in [3.8, 4) is 0 Å². The van der Waals surface area contributed by atoms with Crippen LogP contribution in [-0.2, 0) is 13.0 Å². The quantitative estimate of drug-likeness (QED) is 0.766. The van der Waals surface area contributed by atoms with Gasteiger partial charge < -0.3 is 4.90 Å². The highest BCUT2D eigenvalue weighted by Crippen LogP contribution is 2.21. The minimum atomic E-state index is -0.445. The second-order valence-electron chi connectivity index (χ2n) is 5.23. The molecule has 0 radical (unpaired) electrons. The summed E-state index contributed by atoms with van der Waals surface area (Å²) < 4.78 is 13.8. The van der Waals surface area contributed by atoms with E-state index in [0.29, 0.717) is 13.1 Å². The highest BCUT2D eigenvalue weighted by Gasteiger charge is 2.23. The maximum absolute atomic E-state index is 13.8. The molecule has 2 aromatic carbocycles. The van der Waals surface area contributed by atoms with Gasteiger partial charge in [-0.25, -0.2) is 4.39 Å². The number of benzene rings is 2. The lowest BCUT2D eigenvalue weighted by Gasteiger charge is -2.29. The lowest BCUT2D eigenvalue weighted by Crippen LogP contribution is -2.36. The van der Waals surface area contributed by atoms with Crippen molar-refractivity contribution in [3.05, 3.63) is 70.5 Å². The van der Waals surface area contributed by atoms with Gasteiger partial charge in [-0.2, -0.15) is 0 Å². The van der Waals surface area contributed by atoms with E-state index < -0.39 is 5.82 Å². The Morgan fingerprint density at radius 3 is 2.50 bits per heavy atom. The number of nitrogens with zero attached hydrogens (tertiary/aromatic N) is 1. The van der Waals surface area contributed by atoms with E-state index in [4.69, 9.17) is 0 Å². The molecule has 1 aliphatic heterocycles. The number of aryl methyl sites for hydroxylation is 1. The fraction of sp³-hybridized carbons (Fsp3) is 0.316. The molecule has 1 aliphatic rings. The van der Waals surface area contributed by atoms with Gasteiger partial charge in [0.05, 0.1) is 5.56 Å². The molecule has 0 N–H and O–H groups in total. The fourth-order valence-electron chi connectivity index (χ4n) is 2.64. The van der Waals surface area contributed by atoms with E-state index >= 15 is 0 Å². The van der Waals surface area contributed by atoms with Gasteiger partial charge in [0.1, 0.15) is 5.82 Å². The van der Waals surface area contributed by atoms with Crippen molar-refractivity contribution in [1.82, 2.24) is 4.90 Å². The zero-order valence-electron chi connectivity index (χ0n) is 13.4. The van der Waals surface area contributed by atoms with Crippen LogP contribution in [-0.4, -0.2) is 17.4 Å². The largest absolute Gasteiger partial charge is 0.334 e. The van der Waals surface area contributed by atoms with E-state index in [-0.39, 0.29) is 11.5 Å². The first-order valence-corrected chi connectivity index (χ1v) is 7.77. The summed E-state index contributed by atoms with van der Waals surface area (Å²) in [6.07, 6.45) is 0.829. The monoisotopic (exact) mass is 299 g/mol. The molecule has 116 valence electrons. The third-order valence-corrected chi connectivity index (χ3v) is 3.77. The van der Waals surface area contributed by atoms with Crippen LogP contribution in [0.15, 0.2) is 42.5 Å². The van der Waals surface area contributed by atoms with Gasteiger partial charge in [-0.1, -0.05) is 49.7 Å². The van der Waals surface area contributed by atoms with Crippen molar-refractivity contribution < 1.29 is 9.18 Å². The Balaban J connectivity index is 0.000000847. The normalized spacial score (nSPS) is 13.0. The topological polar surface area (TPSA) is 20.3 Å². The van der Waals surface area contributed by atoms with Gasteiger partial charge >= 0.3 is 0 Å². The Kier molecular flexibility index (Phi) is 5.31. The number of fused-ring (bicyclic) bond motifs is 1. The summed E-state index contributed by atoms with van der Waals surface area (Å²) in [5.74, 6) is -0.667. The van der Waals surface area contributed by atoms with Crippen molar-refractivity contribution in [2.24, 2.45) is 0 Å². The Morgan fingerprint density at radius 2 is 1.77 bits per heavy atom. The number of amides is 1. The lowest BCUT2D eigenvalue weighted by molar-refractivity contribution is 0.0730. The molecule has 0 saturated heterocycles. The molecule has 2 aromatic rings. The number of rotatable bonds is 1. The zero-order chi connectivity index (χ0) is 16.1. The molecule has 0 aromatic heterocycles. The second kappa shape index (κ2) is 7.21. The fourth-order valence-corrected chi connectivity index (χ4v) is 2.64. The van der Waals surface area contributed by atoms with Crippen LogP contribution in [0, 0.1) is 12.7 Å². The van der Waals surface area contributed by atoms with Gasteiger partial charge in [-0.3, -0.25) is 4.79 Å². The molecule has 1 heterocycles. The van der Waals surface area contributed by atoms with Gasteiger partial charge in [0.25, 0.3) is 5.91 Å². The van der Waals surface area contributed by atoms with Crippen LogP contribution >= 0.6 is 0 Å². The molecule has 0 spiro atoms. The molecule has 0 bridgehead atoms. The van der Waals surface area contributed by atoms with Gasteiger partial charge in [0.15, 0.2) is 0 Å². The van der Waals surface area contributed by atoms with Crippen LogP contribution in [0.25, 0.3) is 0 Å². The number of hydrogen-bond acceptors (Lipinski definition) is 1. The molecule has 0 fully saturated rings. The molecule has 0 atom stereocenters. The summed E-state index contributed by atoms with van der Waals surface area (Å²) in [6, 6.07) is 12.8. The predicted octanol–water partition coefficient (Wildman–Crippen LogP) is 4.36. The first-order valence-electron chi connectivity index (χ1n) is 7.77. The third-order valence-electron chi connectivity index (χ3n) is 3.77. The first-order chi connectivity index (χ1) is 10.6. The van der Waals surface area contributed by atoms with E-state index in [9.17, 15) is 9.18 Å². The van der Waals surface area contributed by atoms with Crippen molar-refractivity contribution in [1.29, 1.82) is 0 Å².